The lowest BCUT2D eigenvalue weighted by Gasteiger charge is -2.13. The fourth-order valence-corrected chi connectivity index (χ4v) is 2.97. The number of phenolic OH excluding ortho intramolecular Hbond substituents is 1. The monoisotopic (exact) mass is 356 g/mol. The molecule has 1 aromatic heterocycles. The number of benzene rings is 2. The van der Waals surface area contributed by atoms with Crippen LogP contribution in [0.25, 0.3) is 21.8 Å². The minimum Gasteiger partial charge on any atom is -0.508 e. The number of hydrogen-bond donors (Lipinski definition) is 3. The van der Waals surface area contributed by atoms with Crippen molar-refractivity contribution in [3.05, 3.63) is 50.7 Å². The summed E-state index contributed by atoms with van der Waals surface area (Å²) in [7, 11) is 3.95. The van der Waals surface area contributed by atoms with Gasteiger partial charge in [-0.15, -0.1) is 0 Å². The van der Waals surface area contributed by atoms with Crippen molar-refractivity contribution in [1.82, 2.24) is 9.88 Å². The summed E-state index contributed by atoms with van der Waals surface area (Å²) in [5.41, 5.74) is 0.634. The molecule has 0 spiro atoms. The first-order valence-corrected chi connectivity index (χ1v) is 8.23. The maximum atomic E-state index is 13.0. The number of fused-ring (bicyclic) bond motifs is 2. The van der Waals surface area contributed by atoms with Gasteiger partial charge in [0.2, 0.25) is 0 Å². The molecule has 136 valence electrons. The van der Waals surface area contributed by atoms with E-state index in [4.69, 9.17) is 0 Å². The fourth-order valence-electron chi connectivity index (χ4n) is 2.97. The molecule has 0 atom stereocenters. The van der Waals surface area contributed by atoms with E-state index in [-0.39, 0.29) is 33.2 Å². The van der Waals surface area contributed by atoms with E-state index < -0.39 is 4.92 Å². The second-order valence-corrected chi connectivity index (χ2v) is 6.41. The molecule has 8 nitrogen and oxygen atoms in total. The standard InChI is InChI=1S/C18H20N4O4/c1-21(2)9-3-8-19-14-6-7-15(22(25)26)17-16(14)18(24)12-10-11(23)4-5-13(12)20-17/h4-7,10,19,23H,3,8-9H2,1-2H3,(H,20,24). The van der Waals surface area contributed by atoms with Crippen LogP contribution in [0.1, 0.15) is 6.42 Å². The highest BCUT2D eigenvalue weighted by molar-refractivity contribution is 6.03. The van der Waals surface area contributed by atoms with E-state index in [1.165, 1.54) is 24.3 Å². The Morgan fingerprint density at radius 2 is 2.04 bits per heavy atom. The van der Waals surface area contributed by atoms with E-state index in [1.807, 2.05) is 14.1 Å². The van der Waals surface area contributed by atoms with Crippen LogP contribution in [0.5, 0.6) is 5.75 Å². The lowest BCUT2D eigenvalue weighted by molar-refractivity contribution is -0.383. The van der Waals surface area contributed by atoms with Gasteiger partial charge in [0.05, 0.1) is 15.8 Å². The highest BCUT2D eigenvalue weighted by atomic mass is 16.6. The molecule has 26 heavy (non-hydrogen) atoms. The van der Waals surface area contributed by atoms with Gasteiger partial charge in [0, 0.05) is 23.7 Å². The number of nitro groups is 1. The molecule has 0 saturated heterocycles. The number of hydrogen-bond acceptors (Lipinski definition) is 6. The first-order chi connectivity index (χ1) is 12.4. The molecule has 0 fully saturated rings. The molecule has 0 bridgehead atoms. The van der Waals surface area contributed by atoms with Crippen molar-refractivity contribution in [2.75, 3.05) is 32.5 Å². The summed E-state index contributed by atoms with van der Waals surface area (Å²) < 4.78 is 0. The molecule has 0 radical (unpaired) electrons. The van der Waals surface area contributed by atoms with Crippen molar-refractivity contribution in [3.8, 4) is 5.75 Å². The zero-order valence-electron chi connectivity index (χ0n) is 14.6. The van der Waals surface area contributed by atoms with Crippen LogP contribution in [0.15, 0.2) is 35.1 Å². The summed E-state index contributed by atoms with van der Waals surface area (Å²) >= 11 is 0. The number of H-pyrrole nitrogens is 1. The zero-order chi connectivity index (χ0) is 18.8. The molecule has 8 heteroatoms. The largest absolute Gasteiger partial charge is 0.508 e. The van der Waals surface area contributed by atoms with Gasteiger partial charge in [0.1, 0.15) is 11.3 Å². The molecule has 0 unspecified atom stereocenters. The van der Waals surface area contributed by atoms with E-state index in [0.717, 1.165) is 13.0 Å². The number of aromatic hydroxyl groups is 1. The van der Waals surface area contributed by atoms with Crippen LogP contribution >= 0.6 is 0 Å². The molecule has 0 saturated carbocycles. The van der Waals surface area contributed by atoms with Crippen LogP contribution in [0.4, 0.5) is 11.4 Å². The summed E-state index contributed by atoms with van der Waals surface area (Å²) in [6.45, 7) is 1.51. The molecule has 1 heterocycles. The van der Waals surface area contributed by atoms with Gasteiger partial charge in [-0.05, 0) is 51.3 Å². The summed E-state index contributed by atoms with van der Waals surface area (Å²) in [6.07, 6.45) is 0.859. The van der Waals surface area contributed by atoms with Gasteiger partial charge in [-0.3, -0.25) is 14.9 Å². The van der Waals surface area contributed by atoms with Crippen molar-refractivity contribution < 1.29 is 10.0 Å². The number of rotatable bonds is 6. The van der Waals surface area contributed by atoms with Crippen molar-refractivity contribution >= 4 is 33.2 Å². The van der Waals surface area contributed by atoms with Gasteiger partial charge < -0.3 is 20.3 Å². The SMILES string of the molecule is CN(C)CCCNc1ccc([N+](=O)[O-])c2[nH]c3ccc(O)cc3c(=O)c12. The van der Waals surface area contributed by atoms with Crippen molar-refractivity contribution in [3.63, 3.8) is 0 Å². The molecule has 0 amide bonds. The maximum absolute atomic E-state index is 13.0. The Bertz CT molecular complexity index is 1040. The molecule has 0 aliphatic carbocycles. The molecule has 3 aromatic rings. The normalized spacial score (nSPS) is 11.3. The Balaban J connectivity index is 2.18. The summed E-state index contributed by atoms with van der Waals surface area (Å²) in [4.78, 5) is 28.9. The van der Waals surface area contributed by atoms with Crippen LogP contribution in [0.2, 0.25) is 0 Å². The Kier molecular flexibility index (Phi) is 4.77. The van der Waals surface area contributed by atoms with Gasteiger partial charge in [-0.2, -0.15) is 0 Å². The third kappa shape index (κ3) is 3.31. The van der Waals surface area contributed by atoms with Gasteiger partial charge >= 0.3 is 0 Å². The maximum Gasteiger partial charge on any atom is 0.293 e. The predicted molar refractivity (Wildman–Crippen MR) is 102 cm³/mol. The number of nitrogens with one attached hydrogen (secondary N) is 2. The third-order valence-electron chi connectivity index (χ3n) is 4.21. The average Bonchev–Trinajstić information content (AvgIpc) is 2.58. The van der Waals surface area contributed by atoms with Crippen molar-refractivity contribution in [2.24, 2.45) is 0 Å². The van der Waals surface area contributed by atoms with Gasteiger partial charge in [0.25, 0.3) is 5.69 Å². The van der Waals surface area contributed by atoms with E-state index in [9.17, 15) is 20.0 Å². The second kappa shape index (κ2) is 7.01. The molecule has 0 aliphatic heterocycles. The van der Waals surface area contributed by atoms with Crippen LogP contribution in [-0.4, -0.2) is 47.1 Å². The number of aromatic amines is 1. The molecule has 2 aromatic carbocycles. The molecular formula is C18H20N4O4. The number of anilines is 1. The molecule has 3 rings (SSSR count). The molecule has 0 aliphatic rings. The van der Waals surface area contributed by atoms with Crippen LogP contribution in [-0.2, 0) is 0 Å². The van der Waals surface area contributed by atoms with E-state index >= 15 is 0 Å². The number of phenols is 1. The van der Waals surface area contributed by atoms with Crippen LogP contribution < -0.4 is 10.7 Å². The number of non-ortho nitro benzene ring substituents is 1. The van der Waals surface area contributed by atoms with Gasteiger partial charge in [-0.25, -0.2) is 0 Å². The smallest absolute Gasteiger partial charge is 0.293 e. The minimum atomic E-state index is -0.514. The Morgan fingerprint density at radius 1 is 1.27 bits per heavy atom. The van der Waals surface area contributed by atoms with Crippen LogP contribution in [0.3, 0.4) is 0 Å². The second-order valence-electron chi connectivity index (χ2n) is 6.41. The first-order valence-electron chi connectivity index (χ1n) is 8.23. The number of aromatic nitrogens is 1. The number of pyridine rings is 1. The summed E-state index contributed by atoms with van der Waals surface area (Å²) in [6, 6.07) is 7.27. The molecular weight excluding hydrogens is 336 g/mol. The first kappa shape index (κ1) is 17.7. The Hall–Kier alpha value is -3.13. The average molecular weight is 356 g/mol. The lowest BCUT2D eigenvalue weighted by Crippen LogP contribution is -2.17. The zero-order valence-corrected chi connectivity index (χ0v) is 14.6. The summed E-state index contributed by atoms with van der Waals surface area (Å²) in [5, 5.41) is 24.8. The van der Waals surface area contributed by atoms with Crippen molar-refractivity contribution in [1.29, 1.82) is 0 Å². The number of nitro benzene ring substituents is 1. The highest BCUT2D eigenvalue weighted by Crippen LogP contribution is 2.30. The highest BCUT2D eigenvalue weighted by Gasteiger charge is 2.19. The third-order valence-corrected chi connectivity index (χ3v) is 4.21. The van der Waals surface area contributed by atoms with Gasteiger partial charge in [-0.1, -0.05) is 0 Å². The Labute approximate surface area is 149 Å². The quantitative estimate of drug-likeness (QED) is 0.271. The van der Waals surface area contributed by atoms with Crippen molar-refractivity contribution in [2.45, 2.75) is 6.42 Å². The van der Waals surface area contributed by atoms with E-state index in [0.29, 0.717) is 17.7 Å². The predicted octanol–water partition coefficient (Wildman–Crippen LogP) is 2.66. The fraction of sp³-hybridized carbons (Fsp3) is 0.278. The number of nitrogens with zero attached hydrogens (tertiary/aromatic N) is 2. The topological polar surface area (TPSA) is 112 Å². The minimum absolute atomic E-state index is 0.0340. The molecule has 3 N–H and O–H groups in total. The summed E-state index contributed by atoms with van der Waals surface area (Å²) in [5.74, 6) is -0.0340. The van der Waals surface area contributed by atoms with Crippen LogP contribution in [0, 0.1) is 10.1 Å². The Morgan fingerprint density at radius 3 is 2.73 bits per heavy atom. The van der Waals surface area contributed by atoms with E-state index in [2.05, 4.69) is 15.2 Å². The van der Waals surface area contributed by atoms with E-state index in [1.54, 1.807) is 6.07 Å². The lowest BCUT2D eigenvalue weighted by atomic mass is 10.1. The van der Waals surface area contributed by atoms with Gasteiger partial charge in [0.15, 0.2) is 5.43 Å².